The van der Waals surface area contributed by atoms with Crippen molar-refractivity contribution < 1.29 is 9.53 Å². The molecule has 124 valence electrons. The lowest BCUT2D eigenvalue weighted by Gasteiger charge is -2.01. The molecule has 2 unspecified atom stereocenters. The first-order valence-electron chi connectivity index (χ1n) is 9.00. The van der Waals surface area contributed by atoms with Crippen LogP contribution in [-0.2, 0) is 9.53 Å². The van der Waals surface area contributed by atoms with Gasteiger partial charge in [-0.15, -0.1) is 0 Å². The summed E-state index contributed by atoms with van der Waals surface area (Å²) in [5.41, 5.74) is 0. The molecule has 0 aromatic heterocycles. The number of esters is 1. The highest BCUT2D eigenvalue weighted by atomic mass is 32.2. The largest absolute Gasteiger partial charge is 0.469 e. The second-order valence-corrected chi connectivity index (χ2v) is 7.78. The summed E-state index contributed by atoms with van der Waals surface area (Å²) in [5, 5.41) is 1.97. The minimum absolute atomic E-state index is 0.0637. The number of rotatable bonds is 14. The van der Waals surface area contributed by atoms with Crippen LogP contribution in [0.2, 0.25) is 0 Å². The number of unbranched alkanes of at least 4 members (excludes halogenated alkanes) is 8. The van der Waals surface area contributed by atoms with Crippen molar-refractivity contribution in [2.75, 3.05) is 7.11 Å². The van der Waals surface area contributed by atoms with Crippen molar-refractivity contribution >= 4 is 17.7 Å². The van der Waals surface area contributed by atoms with E-state index in [1.165, 1.54) is 77.7 Å². The summed E-state index contributed by atoms with van der Waals surface area (Å²) in [5.74, 6) is -0.0637. The third kappa shape index (κ3) is 10.2. The van der Waals surface area contributed by atoms with E-state index in [0.717, 1.165) is 16.9 Å². The molecule has 2 atom stereocenters. The van der Waals surface area contributed by atoms with Crippen LogP contribution in [0.15, 0.2) is 0 Å². The lowest BCUT2D eigenvalue weighted by atomic mass is 10.0. The van der Waals surface area contributed by atoms with E-state index >= 15 is 0 Å². The number of hydrogen-bond acceptors (Lipinski definition) is 3. The Kier molecular flexibility index (Phi) is 11.1. The first-order valence-corrected chi connectivity index (χ1v) is 9.94. The van der Waals surface area contributed by atoms with Crippen LogP contribution in [0, 0.1) is 0 Å². The highest BCUT2D eigenvalue weighted by molar-refractivity contribution is 8.07. The van der Waals surface area contributed by atoms with Gasteiger partial charge >= 0.3 is 5.97 Å². The minimum Gasteiger partial charge on any atom is -0.469 e. The van der Waals surface area contributed by atoms with Crippen LogP contribution in [0.1, 0.15) is 90.4 Å². The second kappa shape index (κ2) is 12.4. The van der Waals surface area contributed by atoms with E-state index in [4.69, 9.17) is 0 Å². The second-order valence-electron chi connectivity index (χ2n) is 6.30. The molecule has 0 radical (unpaired) electrons. The standard InChI is InChI=1S/C18H34O2S/c1-3-4-5-7-10-13-16-17(21-16)14-11-8-6-9-12-15-18(19)20-2/h16-17H,3-15H2,1-2H3. The van der Waals surface area contributed by atoms with Gasteiger partial charge in [-0.05, 0) is 19.3 Å². The van der Waals surface area contributed by atoms with E-state index in [0.29, 0.717) is 6.42 Å². The average Bonchev–Trinajstić information content (AvgIpc) is 3.24. The van der Waals surface area contributed by atoms with Gasteiger partial charge in [0.2, 0.25) is 0 Å². The molecule has 0 amide bonds. The average molecular weight is 315 g/mol. The lowest BCUT2D eigenvalue weighted by Crippen LogP contribution is -1.99. The molecule has 0 aromatic rings. The Labute approximate surface area is 135 Å². The summed E-state index contributed by atoms with van der Waals surface area (Å²) < 4.78 is 4.64. The smallest absolute Gasteiger partial charge is 0.305 e. The van der Waals surface area contributed by atoms with Gasteiger partial charge in [-0.2, -0.15) is 11.8 Å². The monoisotopic (exact) mass is 314 g/mol. The van der Waals surface area contributed by atoms with Crippen LogP contribution in [0.3, 0.4) is 0 Å². The zero-order chi connectivity index (χ0) is 15.3. The van der Waals surface area contributed by atoms with Crippen LogP contribution in [0.4, 0.5) is 0 Å². The summed E-state index contributed by atoms with van der Waals surface area (Å²) in [6, 6.07) is 0. The van der Waals surface area contributed by atoms with Crippen molar-refractivity contribution in [2.24, 2.45) is 0 Å². The van der Waals surface area contributed by atoms with E-state index in [1.807, 2.05) is 0 Å². The third-order valence-corrected chi connectivity index (χ3v) is 5.89. The van der Waals surface area contributed by atoms with Crippen molar-refractivity contribution in [1.29, 1.82) is 0 Å². The molecule has 0 spiro atoms. The van der Waals surface area contributed by atoms with Crippen molar-refractivity contribution in [3.05, 3.63) is 0 Å². The SMILES string of the molecule is CCCCCCCC1SC1CCCCCCCC(=O)OC. The lowest BCUT2D eigenvalue weighted by molar-refractivity contribution is -0.140. The van der Waals surface area contributed by atoms with Crippen LogP contribution >= 0.6 is 11.8 Å². The van der Waals surface area contributed by atoms with Gasteiger partial charge in [-0.3, -0.25) is 4.79 Å². The van der Waals surface area contributed by atoms with E-state index in [2.05, 4.69) is 23.4 Å². The molecule has 0 saturated carbocycles. The quantitative estimate of drug-likeness (QED) is 0.232. The van der Waals surface area contributed by atoms with Gasteiger partial charge in [-0.25, -0.2) is 0 Å². The van der Waals surface area contributed by atoms with Gasteiger partial charge in [0.15, 0.2) is 0 Å². The molecule has 2 nitrogen and oxygen atoms in total. The summed E-state index contributed by atoms with van der Waals surface area (Å²) >= 11 is 2.21. The summed E-state index contributed by atoms with van der Waals surface area (Å²) in [6.45, 7) is 2.28. The van der Waals surface area contributed by atoms with E-state index < -0.39 is 0 Å². The molecular formula is C18H34O2S. The fourth-order valence-corrected chi connectivity index (χ4v) is 4.12. The topological polar surface area (TPSA) is 26.3 Å². The fourth-order valence-electron chi connectivity index (χ4n) is 2.88. The maximum absolute atomic E-state index is 11.0. The Hall–Kier alpha value is -0.180. The summed E-state index contributed by atoms with van der Waals surface area (Å²) in [4.78, 5) is 11.0. The Morgan fingerprint density at radius 2 is 1.38 bits per heavy atom. The van der Waals surface area contributed by atoms with Crippen LogP contribution < -0.4 is 0 Å². The van der Waals surface area contributed by atoms with E-state index in [9.17, 15) is 4.79 Å². The van der Waals surface area contributed by atoms with Crippen LogP contribution in [-0.4, -0.2) is 23.6 Å². The maximum atomic E-state index is 11.0. The Balaban J connectivity index is 1.78. The van der Waals surface area contributed by atoms with Gasteiger partial charge in [0.05, 0.1) is 7.11 Å². The van der Waals surface area contributed by atoms with Gasteiger partial charge in [0.25, 0.3) is 0 Å². The minimum atomic E-state index is -0.0637. The highest BCUT2D eigenvalue weighted by Gasteiger charge is 2.36. The third-order valence-electron chi connectivity index (χ3n) is 4.38. The predicted molar refractivity (Wildman–Crippen MR) is 92.9 cm³/mol. The number of methoxy groups -OCH3 is 1. The molecule has 1 aliphatic heterocycles. The normalized spacial score (nSPS) is 20.5. The predicted octanol–water partition coefficient (Wildman–Crippen LogP) is 5.73. The van der Waals surface area contributed by atoms with Crippen molar-refractivity contribution in [3.8, 4) is 0 Å². The highest BCUT2D eigenvalue weighted by Crippen LogP contribution is 2.47. The Morgan fingerprint density at radius 1 is 0.857 bits per heavy atom. The Morgan fingerprint density at radius 3 is 1.95 bits per heavy atom. The molecule has 1 aliphatic rings. The van der Waals surface area contributed by atoms with E-state index in [1.54, 1.807) is 0 Å². The van der Waals surface area contributed by atoms with Crippen molar-refractivity contribution in [2.45, 2.75) is 101 Å². The molecule has 21 heavy (non-hydrogen) atoms. The van der Waals surface area contributed by atoms with Crippen molar-refractivity contribution in [3.63, 3.8) is 0 Å². The van der Waals surface area contributed by atoms with Gasteiger partial charge in [0.1, 0.15) is 0 Å². The first kappa shape index (κ1) is 18.9. The molecule has 0 N–H and O–H groups in total. The Bertz CT molecular complexity index is 268. The number of thioether (sulfide) groups is 1. The van der Waals surface area contributed by atoms with E-state index in [-0.39, 0.29) is 5.97 Å². The molecule has 1 rings (SSSR count). The van der Waals surface area contributed by atoms with Crippen LogP contribution in [0.25, 0.3) is 0 Å². The molecule has 0 bridgehead atoms. The molecule has 1 fully saturated rings. The molecule has 1 saturated heterocycles. The zero-order valence-electron chi connectivity index (χ0n) is 14.1. The fraction of sp³-hybridized carbons (Fsp3) is 0.944. The van der Waals surface area contributed by atoms with Crippen LogP contribution in [0.5, 0.6) is 0 Å². The molecule has 0 aromatic carbocycles. The zero-order valence-corrected chi connectivity index (χ0v) is 14.9. The first-order chi connectivity index (χ1) is 10.3. The molecule has 1 heterocycles. The summed E-state index contributed by atoms with van der Waals surface area (Å²) in [7, 11) is 1.47. The number of carbonyl (C=O) groups is 1. The number of carbonyl (C=O) groups excluding carboxylic acids is 1. The molecule has 0 aliphatic carbocycles. The maximum Gasteiger partial charge on any atom is 0.305 e. The van der Waals surface area contributed by atoms with Crippen molar-refractivity contribution in [1.82, 2.24) is 0 Å². The number of hydrogen-bond donors (Lipinski definition) is 0. The molecular weight excluding hydrogens is 280 g/mol. The summed E-state index contributed by atoms with van der Waals surface area (Å²) in [6.07, 6.45) is 16.7. The van der Waals surface area contributed by atoms with Gasteiger partial charge in [-0.1, -0.05) is 64.7 Å². The van der Waals surface area contributed by atoms with Gasteiger partial charge < -0.3 is 4.74 Å². The number of ether oxygens (including phenoxy) is 1. The van der Waals surface area contributed by atoms with Gasteiger partial charge in [0, 0.05) is 16.9 Å². The molecule has 3 heteroatoms.